The minimum absolute atomic E-state index is 0. The maximum Gasteiger partial charge on any atom is 0.404 e. The number of carbonyl (C=O) groups excluding carboxylic acids is 5. The monoisotopic (exact) mass is 2140 g/mol. The van der Waals surface area contributed by atoms with E-state index in [1.54, 1.807) is 77.8 Å². The number of nitrogens with two attached hydrogens (primary N) is 2. The number of amides is 1. The van der Waals surface area contributed by atoms with Crippen LogP contribution in [0.5, 0.6) is 80.5 Å². The van der Waals surface area contributed by atoms with Crippen LogP contribution >= 0.6 is 28.3 Å². The van der Waals surface area contributed by atoms with Gasteiger partial charge in [0.2, 0.25) is 36.7 Å². The van der Waals surface area contributed by atoms with Crippen LogP contribution < -0.4 is 78.9 Å². The van der Waals surface area contributed by atoms with Crippen LogP contribution in [-0.2, 0) is 88.9 Å². The van der Waals surface area contributed by atoms with E-state index in [2.05, 4.69) is 46.7 Å². The fourth-order valence-corrected chi connectivity index (χ4v) is 25.7. The maximum atomic E-state index is 13.5. The molecule has 24 rings (SSSR count). The zero-order valence-electron chi connectivity index (χ0n) is 83.5. The average molecular weight is 2140 g/mol. The number of nitrogens with zero attached hydrogens (tertiary/aromatic N) is 2. The molecule has 14 aliphatic heterocycles. The van der Waals surface area contributed by atoms with Gasteiger partial charge in [0, 0.05) is 79.7 Å². The molecule has 1 unspecified atom stereocenters. The molecule has 0 radical (unpaired) electrons. The summed E-state index contributed by atoms with van der Waals surface area (Å²) in [6, 6.07) is 27.3. The Balaban J connectivity index is 0.000000122. The number of fused-ring (bicyclic) bond motifs is 16. The molecule has 1 aromatic heterocycles. The number of cyclic esters (lactones) is 2. The number of ketones is 2. The lowest BCUT2D eigenvalue weighted by Gasteiger charge is -2.48. The highest BCUT2D eigenvalue weighted by molar-refractivity contribution is 8.93. The Morgan fingerprint density at radius 2 is 1.07 bits per heavy atom. The van der Waals surface area contributed by atoms with E-state index in [4.69, 9.17) is 125 Å². The fraction of sp³-hybridized carbons (Fsp3) is 0.533. The molecule has 41 nitrogen and oxygen atoms in total. The van der Waals surface area contributed by atoms with Gasteiger partial charge in [-0.25, -0.2) is 4.79 Å². The predicted octanol–water partition coefficient (Wildman–Crippen LogP) is 7.96. The summed E-state index contributed by atoms with van der Waals surface area (Å²) in [5.41, 5.74) is 20.3. The fourth-order valence-electron chi connectivity index (χ4n) is 25.0. The number of aliphatic hydroxyl groups is 4. The van der Waals surface area contributed by atoms with Gasteiger partial charge < -0.3 is 171 Å². The summed E-state index contributed by atoms with van der Waals surface area (Å²) in [4.78, 5) is 68.9. The Morgan fingerprint density at radius 1 is 0.568 bits per heavy atom. The van der Waals surface area contributed by atoms with Gasteiger partial charge in [-0.1, -0.05) is 19.4 Å². The van der Waals surface area contributed by atoms with E-state index >= 15 is 0 Å². The number of hydrogen-bond donors (Lipinski definition) is 10. The van der Waals surface area contributed by atoms with E-state index in [0.717, 1.165) is 60.2 Å². The number of ether oxygens (including phenoxy) is 24. The summed E-state index contributed by atoms with van der Waals surface area (Å²) >= 11 is 1.46. The molecule has 9 saturated heterocycles. The van der Waals surface area contributed by atoms with Gasteiger partial charge in [0.25, 0.3) is 0 Å². The molecule has 148 heavy (non-hydrogen) atoms. The smallest absolute Gasteiger partial charge is 0.404 e. The van der Waals surface area contributed by atoms with Gasteiger partial charge in [-0.2, -0.15) is 0 Å². The lowest BCUT2D eigenvalue weighted by Crippen LogP contribution is -2.63. The van der Waals surface area contributed by atoms with Gasteiger partial charge >= 0.3 is 18.0 Å². The summed E-state index contributed by atoms with van der Waals surface area (Å²) in [7, 11) is 14.1. The van der Waals surface area contributed by atoms with E-state index in [9.17, 15) is 54.6 Å². The third-order valence-electron chi connectivity index (χ3n) is 32.2. The van der Waals surface area contributed by atoms with Crippen LogP contribution in [0.2, 0.25) is 0 Å². The number of phenolic OH excluding ortho intramolecular Hbond substituents is 2. The van der Waals surface area contributed by atoms with Crippen molar-refractivity contribution >= 4 is 57.9 Å². The van der Waals surface area contributed by atoms with Crippen LogP contribution in [0.1, 0.15) is 143 Å². The number of methoxy groups -OCH3 is 9. The van der Waals surface area contributed by atoms with Crippen LogP contribution in [0.3, 0.4) is 0 Å². The number of primary amides is 1. The molecule has 796 valence electrons. The van der Waals surface area contributed by atoms with E-state index < -0.39 is 157 Å². The van der Waals surface area contributed by atoms with Crippen LogP contribution in [0.25, 0.3) is 0 Å². The maximum absolute atomic E-state index is 13.5. The lowest BCUT2D eigenvalue weighted by atomic mass is 9.66. The van der Waals surface area contributed by atoms with E-state index in [0.29, 0.717) is 92.5 Å². The number of piperidine rings is 1. The Kier molecular flexibility index (Phi) is 29.6. The summed E-state index contributed by atoms with van der Waals surface area (Å²) in [5, 5.41) is 74.6. The molecule has 1 amide bonds. The minimum atomic E-state index is -1.47. The second kappa shape index (κ2) is 42.1. The molecule has 43 heteroatoms. The third-order valence-corrected chi connectivity index (χ3v) is 33.1. The number of aromatic hydroxyl groups is 2. The van der Waals surface area contributed by atoms with Crippen LogP contribution in [0.4, 0.5) is 4.79 Å². The molecular formula is C105H123BrN6O35S. The number of rotatable bonds is 21. The van der Waals surface area contributed by atoms with Crippen molar-refractivity contribution in [2.75, 3.05) is 137 Å². The number of Topliss-reactive ketones (excluding diaryl/α,β-unsaturated/α-hetero) is 2. The van der Waals surface area contributed by atoms with Crippen molar-refractivity contribution in [2.24, 2.45) is 52.9 Å². The zero-order chi connectivity index (χ0) is 103. The summed E-state index contributed by atoms with van der Waals surface area (Å²) in [5.74, 6) is 1.24. The van der Waals surface area contributed by atoms with Crippen molar-refractivity contribution < 1.29 is 168 Å². The van der Waals surface area contributed by atoms with E-state index in [1.807, 2.05) is 28.5 Å². The van der Waals surface area contributed by atoms with Gasteiger partial charge in [0.15, 0.2) is 99.9 Å². The number of phenols is 2. The number of allylic oxidation sites excluding steroid dienone is 2. The largest absolute Gasteiger partial charge is 0.502 e. The number of thiophene rings is 1. The molecule has 0 bridgehead atoms. The molecule has 15 heterocycles. The third kappa shape index (κ3) is 18.1. The first kappa shape index (κ1) is 104. The average Bonchev–Trinajstić information content (AvgIpc) is 1.49. The van der Waals surface area contributed by atoms with E-state index in [1.165, 1.54) is 95.4 Å². The molecule has 12 N–H and O–H groups in total. The first-order valence-electron chi connectivity index (χ1n) is 49.4. The van der Waals surface area contributed by atoms with Crippen molar-refractivity contribution in [3.05, 3.63) is 173 Å². The number of piperazine rings is 1. The van der Waals surface area contributed by atoms with Gasteiger partial charge in [0.1, 0.15) is 55.4 Å². The highest BCUT2D eigenvalue weighted by Crippen LogP contribution is 2.62. The van der Waals surface area contributed by atoms with Crippen LogP contribution in [0.15, 0.2) is 113 Å². The summed E-state index contributed by atoms with van der Waals surface area (Å²) < 4.78 is 137. The molecular weight excluding hydrogens is 2020 g/mol. The highest BCUT2D eigenvalue weighted by atomic mass is 79.9. The Bertz CT molecular complexity index is 6240. The lowest BCUT2D eigenvalue weighted by molar-refractivity contribution is -0.368. The number of carbonyl (C=O) groups is 5. The number of nitrogens with one attached hydrogen (secondary N) is 2. The zero-order valence-corrected chi connectivity index (χ0v) is 86.0. The van der Waals surface area contributed by atoms with E-state index in [-0.39, 0.29) is 133 Å². The molecule has 0 saturated carbocycles. The molecule has 7 aromatic rings. The van der Waals surface area contributed by atoms with Gasteiger partial charge in [-0.05, 0) is 198 Å². The molecule has 0 spiro atoms. The first-order valence-corrected chi connectivity index (χ1v) is 50.3. The van der Waals surface area contributed by atoms with Crippen LogP contribution in [0, 0.1) is 41.4 Å². The van der Waals surface area contributed by atoms with Crippen molar-refractivity contribution in [3.63, 3.8) is 0 Å². The number of halogens is 1. The molecule has 6 aromatic carbocycles. The molecule has 28 atom stereocenters. The van der Waals surface area contributed by atoms with Crippen molar-refractivity contribution in [1.82, 2.24) is 20.4 Å². The Labute approximate surface area is 866 Å². The second-order valence-electron chi connectivity index (χ2n) is 39.4. The number of hydrogen-bond acceptors (Lipinski definition) is 41. The minimum Gasteiger partial charge on any atom is -0.502 e. The molecule has 9 fully saturated rings. The number of esters is 2. The van der Waals surface area contributed by atoms with Crippen molar-refractivity contribution in [3.8, 4) is 80.5 Å². The van der Waals surface area contributed by atoms with Crippen LogP contribution in [-0.4, -0.2) is 292 Å². The normalized spacial score (nSPS) is 33.1. The van der Waals surface area contributed by atoms with Gasteiger partial charge in [-0.3, -0.25) is 24.1 Å². The second-order valence-corrected chi connectivity index (χ2v) is 40.4. The summed E-state index contributed by atoms with van der Waals surface area (Å²) in [6.45, 7) is 9.68. The quantitative estimate of drug-likeness (QED) is 0.0141. The van der Waals surface area contributed by atoms with Crippen molar-refractivity contribution in [2.45, 2.75) is 181 Å². The Hall–Kier alpha value is -11.3. The molecule has 17 aliphatic rings. The number of aliphatic hydroxyl groups excluding tert-OH is 4. The predicted molar refractivity (Wildman–Crippen MR) is 523 cm³/mol. The molecule has 3 aliphatic carbocycles. The first-order chi connectivity index (χ1) is 71.1. The standard InChI is InChI=1S/C32H32O13S.C29H40N2O4.C29H32O13.C15H18N4O5.BrH/c1-37-19-6-13(7-20(38-2)25(19)33)23-14-8-17-18(42-12-41-17)9-15(14)28(16-10-39-30(36)24(16)23)44-32-27(35)26(34)29-21(43-32)11-40-31(45-29)22-4-3-5-46-22;1-6-18-17-31-10-8-20-14-27(33-3)29(35-5)16-23(20)25(31)12-21(18)11-24-22-15-28(34-4)26(32-2)13-19(22)7-9-30-24;1-11-36-9-20-27(40-11)24(31)25(32)29(41-20)42-26-14-7-17-16(38-10-39-17)6-13(14)21(22-15(26)8-37-28(22)33)12-4-18(34-2)23(30)19(5-12)35-3;1-5-9(16)12(21)8-6(4-24-14(17)22)15(23-2)13-7(18-13)3-19(15)10(8)11(5)20;/h3-9,16,21,23-24,26-29,31-35H,10-12H2,1-2H3;13-16,18,21,24-25,30H,6-12,17H2,1-5H3;4-7,11,15,20-22,24-27,29-32H,8-10H2,1-3H3;6-7,13,18H,3-4,16H2,1-2H3,(H2,17,22);1H/t16-,21+,23+,24-,26+,27+,28+,29+,31?,32-;18-,21-,24+,25-;11-,15+,20-,21-,22+,24-,25-,26-,27-,29+;6-,7+,13+,15-;/m0011./s1. The Morgan fingerprint density at radius 3 is 1.57 bits per heavy atom. The van der Waals surface area contributed by atoms with Crippen molar-refractivity contribution in [1.29, 1.82) is 0 Å². The summed E-state index contributed by atoms with van der Waals surface area (Å²) in [6.07, 6.45) is -9.26. The van der Waals surface area contributed by atoms with Gasteiger partial charge in [0.05, 0.1) is 136 Å². The topological polar surface area (TPSA) is 521 Å². The SMILES string of the molecule is Br.CC[C@H]1CN2CCc3cc(OC)c(OC)cc3[C@@H]2C[C@@H]1C[C@H]1NCCc2cc(OC)c(OC)cc21.CO[C@@]12[C@H](COC(N)=O)C3=C(C(=O)C(C)=C(N)C3=O)N1C[C@@H]1N[C@@H]12.COc1cc([C@@H]2c3cc4c(cc3[C@@H](O[C@@H]3O[C@@H]5COC(c6cccs6)O[C@H]5[C@H](O)[C@H]3O)[C@H]3COC(=O)[C@H]23)OCO4)cc(OC)c1O.COc1cc([C@@H]2c3cc4c(cc3[C@@H](O[C@@H]3O[C@@H]5CO[C@@H](C)O[C@H]5[C@H](O)[C@H]3O)[C@H]3COC(=O)[C@H]23)OCO4)cc(OC)c1O. The van der Waals surface area contributed by atoms with Gasteiger partial charge in [-0.15, -0.1) is 28.3 Å². The highest BCUT2D eigenvalue weighted by Gasteiger charge is 2.73. The number of benzene rings is 6.